The molecular weight excluding hydrogens is 280 g/mol. The van der Waals surface area contributed by atoms with Crippen molar-refractivity contribution in [1.29, 1.82) is 0 Å². The van der Waals surface area contributed by atoms with E-state index < -0.39 is 5.66 Å². The highest BCUT2D eigenvalue weighted by Gasteiger charge is 2.22. The van der Waals surface area contributed by atoms with E-state index in [-0.39, 0.29) is 5.96 Å². The Morgan fingerprint density at radius 3 is 2.85 bits per heavy atom. The smallest absolute Gasteiger partial charge is 0.205 e. The molecule has 0 saturated carbocycles. The van der Waals surface area contributed by atoms with Crippen molar-refractivity contribution >= 4 is 34.9 Å². The summed E-state index contributed by atoms with van der Waals surface area (Å²) in [7, 11) is 0. The summed E-state index contributed by atoms with van der Waals surface area (Å²) in [6.45, 7) is 3.64. The van der Waals surface area contributed by atoms with Crippen LogP contribution in [-0.4, -0.2) is 17.6 Å². The number of nitrogens with two attached hydrogens (primary N) is 1. The van der Waals surface area contributed by atoms with E-state index in [0.717, 1.165) is 0 Å². The van der Waals surface area contributed by atoms with Gasteiger partial charge in [0.2, 0.25) is 5.96 Å². The highest BCUT2D eigenvalue weighted by atomic mass is 35.5. The van der Waals surface area contributed by atoms with Crippen LogP contribution in [-0.2, 0) is 0 Å². The first-order valence-corrected chi connectivity index (χ1v) is 6.11. The second-order valence-corrected chi connectivity index (χ2v) is 4.96. The first-order valence-electron chi connectivity index (χ1n) is 5.73. The summed E-state index contributed by atoms with van der Waals surface area (Å²) >= 11 is 6.08. The number of nitrogens with one attached hydrogen (secondary N) is 2. The molecule has 2 rings (SSSR count). The lowest BCUT2D eigenvalue weighted by molar-refractivity contribution is 0.541. The molecule has 1 aromatic rings. The van der Waals surface area contributed by atoms with Gasteiger partial charge in [0.25, 0.3) is 0 Å². The number of aliphatic imine (C=N–C) groups is 2. The Kier molecular flexibility index (Phi) is 3.69. The second-order valence-electron chi connectivity index (χ2n) is 4.56. The fourth-order valence-corrected chi connectivity index (χ4v) is 1.85. The van der Waals surface area contributed by atoms with E-state index in [4.69, 9.17) is 22.9 Å². The van der Waals surface area contributed by atoms with Gasteiger partial charge in [-0.05, 0) is 31.5 Å². The van der Waals surface area contributed by atoms with Gasteiger partial charge in [-0.15, -0.1) is 0 Å². The first kappa shape index (κ1) is 14.0. The van der Waals surface area contributed by atoms with Crippen LogP contribution in [0.25, 0.3) is 10.4 Å². The molecule has 8 nitrogen and oxygen atoms in total. The van der Waals surface area contributed by atoms with Crippen LogP contribution >= 0.6 is 11.6 Å². The maximum atomic E-state index is 8.44. The number of rotatable bonds is 2. The van der Waals surface area contributed by atoms with Crippen molar-refractivity contribution in [2.24, 2.45) is 20.8 Å². The molecule has 0 aliphatic carbocycles. The monoisotopic (exact) mass is 292 g/mol. The SMILES string of the molecule is CC1(C)N=C(N)NC(Nc2cc(N=[N+]=[N-])ccc2Cl)=N1. The van der Waals surface area contributed by atoms with E-state index in [1.54, 1.807) is 18.2 Å². The van der Waals surface area contributed by atoms with E-state index in [1.807, 2.05) is 13.8 Å². The van der Waals surface area contributed by atoms with Crippen LogP contribution in [0, 0.1) is 0 Å². The fourth-order valence-electron chi connectivity index (χ4n) is 1.68. The number of azide groups is 1. The maximum Gasteiger partial charge on any atom is 0.205 e. The fraction of sp³-hybridized carbons (Fsp3) is 0.273. The van der Waals surface area contributed by atoms with E-state index in [9.17, 15) is 0 Å². The third-order valence-corrected chi connectivity index (χ3v) is 2.72. The number of nitrogens with zero attached hydrogens (tertiary/aromatic N) is 5. The molecule has 1 aromatic carbocycles. The summed E-state index contributed by atoms with van der Waals surface area (Å²) in [5, 5.41) is 9.78. The van der Waals surface area contributed by atoms with Crippen molar-refractivity contribution < 1.29 is 0 Å². The number of guanidine groups is 2. The van der Waals surface area contributed by atoms with Gasteiger partial charge in [0.05, 0.1) is 10.7 Å². The molecule has 4 N–H and O–H groups in total. The molecule has 0 fully saturated rings. The first-order chi connectivity index (χ1) is 9.39. The number of benzene rings is 1. The van der Waals surface area contributed by atoms with Crippen LogP contribution in [0.15, 0.2) is 33.3 Å². The third kappa shape index (κ3) is 3.31. The highest BCUT2D eigenvalue weighted by Crippen LogP contribution is 2.27. The zero-order valence-electron chi connectivity index (χ0n) is 10.9. The van der Waals surface area contributed by atoms with Gasteiger partial charge in [-0.1, -0.05) is 22.8 Å². The molecule has 0 spiro atoms. The minimum absolute atomic E-state index is 0.259. The summed E-state index contributed by atoms with van der Waals surface area (Å²) in [4.78, 5) is 11.2. The van der Waals surface area contributed by atoms with Crippen molar-refractivity contribution in [1.82, 2.24) is 5.32 Å². The molecule has 1 aliphatic rings. The Morgan fingerprint density at radius 2 is 2.20 bits per heavy atom. The normalized spacial score (nSPS) is 16.4. The Balaban J connectivity index is 2.28. The van der Waals surface area contributed by atoms with E-state index in [0.29, 0.717) is 22.4 Å². The molecule has 0 aromatic heterocycles. The van der Waals surface area contributed by atoms with Crippen molar-refractivity contribution in [3.63, 3.8) is 0 Å². The van der Waals surface area contributed by atoms with Gasteiger partial charge < -0.3 is 11.1 Å². The molecular formula is C11H13ClN8. The lowest BCUT2D eigenvalue weighted by Gasteiger charge is -2.24. The Morgan fingerprint density at radius 1 is 1.45 bits per heavy atom. The number of anilines is 1. The quantitative estimate of drug-likeness (QED) is 0.441. The van der Waals surface area contributed by atoms with Crippen LogP contribution in [0.2, 0.25) is 5.02 Å². The average Bonchev–Trinajstić information content (AvgIpc) is 2.31. The molecule has 0 unspecified atom stereocenters. The molecule has 9 heteroatoms. The number of hydrogen-bond donors (Lipinski definition) is 3. The molecule has 20 heavy (non-hydrogen) atoms. The van der Waals surface area contributed by atoms with Gasteiger partial charge in [-0.25, -0.2) is 9.98 Å². The van der Waals surface area contributed by atoms with E-state index in [2.05, 4.69) is 30.6 Å². The zero-order valence-corrected chi connectivity index (χ0v) is 11.7. The Bertz CT molecular complexity index is 642. The topological polar surface area (TPSA) is 124 Å². The van der Waals surface area contributed by atoms with Crippen molar-refractivity contribution in [2.75, 3.05) is 5.32 Å². The number of halogens is 1. The summed E-state index contributed by atoms with van der Waals surface area (Å²) in [6, 6.07) is 4.85. The van der Waals surface area contributed by atoms with E-state index in [1.165, 1.54) is 0 Å². The van der Waals surface area contributed by atoms with Gasteiger partial charge in [0, 0.05) is 10.6 Å². The minimum Gasteiger partial charge on any atom is -0.370 e. The van der Waals surface area contributed by atoms with Gasteiger partial charge in [-0.3, -0.25) is 5.32 Å². The lowest BCUT2D eigenvalue weighted by Crippen LogP contribution is -2.47. The van der Waals surface area contributed by atoms with Crippen LogP contribution in [0.5, 0.6) is 0 Å². The maximum absolute atomic E-state index is 8.44. The van der Waals surface area contributed by atoms with Crippen molar-refractivity contribution in [2.45, 2.75) is 19.5 Å². The predicted molar refractivity (Wildman–Crippen MR) is 80.2 cm³/mol. The standard InChI is InChI=1S/C11H13ClN8/c1-11(2)17-9(13)16-10(18-11)15-8-5-6(19-20-14)3-4-7(8)12/h3-5H,1-2H3,(H4,13,15,16,17,18). The summed E-state index contributed by atoms with van der Waals surface area (Å²) < 4.78 is 0. The lowest BCUT2D eigenvalue weighted by atomic mass is 10.2. The van der Waals surface area contributed by atoms with Gasteiger partial charge in [0.1, 0.15) is 0 Å². The minimum atomic E-state index is -0.660. The molecule has 1 aliphatic heterocycles. The van der Waals surface area contributed by atoms with Crippen LogP contribution in [0.3, 0.4) is 0 Å². The van der Waals surface area contributed by atoms with Crippen molar-refractivity contribution in [3.8, 4) is 0 Å². The van der Waals surface area contributed by atoms with E-state index >= 15 is 0 Å². The molecule has 0 bridgehead atoms. The Hall–Kier alpha value is -2.44. The highest BCUT2D eigenvalue weighted by molar-refractivity contribution is 6.34. The third-order valence-electron chi connectivity index (χ3n) is 2.39. The van der Waals surface area contributed by atoms with Gasteiger partial charge >= 0.3 is 0 Å². The number of hydrogen-bond acceptors (Lipinski definition) is 6. The molecule has 0 radical (unpaired) electrons. The van der Waals surface area contributed by atoms with Gasteiger partial charge in [0.15, 0.2) is 11.6 Å². The molecule has 0 saturated heterocycles. The summed E-state index contributed by atoms with van der Waals surface area (Å²) in [5.41, 5.74) is 14.5. The van der Waals surface area contributed by atoms with Crippen LogP contribution < -0.4 is 16.4 Å². The zero-order chi connectivity index (χ0) is 14.8. The second kappa shape index (κ2) is 5.28. The molecule has 0 atom stereocenters. The van der Waals surface area contributed by atoms with Crippen LogP contribution in [0.1, 0.15) is 13.8 Å². The molecule has 1 heterocycles. The predicted octanol–water partition coefficient (Wildman–Crippen LogP) is 2.70. The Labute approximate surface area is 120 Å². The summed E-state index contributed by atoms with van der Waals surface area (Å²) in [5.74, 6) is 0.678. The molecule has 104 valence electrons. The van der Waals surface area contributed by atoms with Crippen molar-refractivity contribution in [3.05, 3.63) is 33.7 Å². The molecule has 0 amide bonds. The largest absolute Gasteiger partial charge is 0.370 e. The summed E-state index contributed by atoms with van der Waals surface area (Å²) in [6.07, 6.45) is 0. The average molecular weight is 293 g/mol. The van der Waals surface area contributed by atoms with Crippen LogP contribution in [0.4, 0.5) is 11.4 Å². The van der Waals surface area contributed by atoms with Gasteiger partial charge in [-0.2, -0.15) is 0 Å².